The van der Waals surface area contributed by atoms with Gasteiger partial charge in [0.15, 0.2) is 33.7 Å². The Morgan fingerprint density at radius 1 is 1.02 bits per heavy atom. The lowest BCUT2D eigenvalue weighted by Crippen LogP contribution is -2.46. The predicted octanol–water partition coefficient (Wildman–Crippen LogP) is 7.03. The fourth-order valence-electron chi connectivity index (χ4n) is 5.17. The summed E-state index contributed by atoms with van der Waals surface area (Å²) in [6, 6.07) is 0. The van der Waals surface area contributed by atoms with Crippen LogP contribution in [0.3, 0.4) is 0 Å². The lowest BCUT2D eigenvalue weighted by atomic mass is 9.90. The molecule has 53 heavy (non-hydrogen) atoms. The number of esters is 1. The van der Waals surface area contributed by atoms with Gasteiger partial charge in [-0.2, -0.15) is 17.6 Å². The molecule has 0 fully saturated rings. The molecule has 0 aliphatic carbocycles. The second-order valence-corrected chi connectivity index (χ2v) is 22.8. The summed E-state index contributed by atoms with van der Waals surface area (Å²) in [7, 11) is -1.62. The maximum atomic E-state index is 14.9. The van der Waals surface area contributed by atoms with Crippen molar-refractivity contribution in [1.82, 2.24) is 15.5 Å². The minimum absolute atomic E-state index is 0.0217. The number of ether oxygens (including phenoxy) is 3. The third kappa shape index (κ3) is 10.2. The van der Waals surface area contributed by atoms with Crippen molar-refractivity contribution in [3.05, 3.63) is 41.1 Å². The van der Waals surface area contributed by atoms with Gasteiger partial charge in [-0.1, -0.05) is 80.1 Å². The molecule has 13 nitrogen and oxygen atoms in total. The zero-order valence-electron chi connectivity index (χ0n) is 33.8. The number of benzene rings is 1. The quantitative estimate of drug-likeness (QED) is 0.0409. The number of nitrogens with two attached hydrogens (primary N) is 1. The highest BCUT2D eigenvalue weighted by atomic mass is 32.2. The van der Waals surface area contributed by atoms with E-state index in [0.717, 1.165) is 11.8 Å². The van der Waals surface area contributed by atoms with E-state index < -0.39 is 46.0 Å². The first kappa shape index (κ1) is 46.2. The predicted molar refractivity (Wildman–Crippen MR) is 218 cm³/mol. The highest BCUT2D eigenvalue weighted by Gasteiger charge is 2.50. The maximum absolute atomic E-state index is 14.9. The van der Waals surface area contributed by atoms with Crippen LogP contribution in [-0.2, 0) is 25.7 Å². The Labute approximate surface area is 328 Å². The van der Waals surface area contributed by atoms with Crippen LogP contribution >= 0.6 is 24.4 Å². The fourth-order valence-corrected chi connectivity index (χ4v) is 10.3. The van der Waals surface area contributed by atoms with Crippen LogP contribution < -0.4 is 24.6 Å². The third-order valence-electron chi connectivity index (χ3n) is 10.7. The van der Waals surface area contributed by atoms with Crippen molar-refractivity contribution in [2.75, 3.05) is 26.6 Å². The summed E-state index contributed by atoms with van der Waals surface area (Å²) in [5.41, 5.74) is 7.83. The number of thiol groups is 1. The highest BCUT2D eigenvalue weighted by molar-refractivity contribution is 8.01. The van der Waals surface area contributed by atoms with Crippen LogP contribution in [0.2, 0.25) is 23.2 Å². The Morgan fingerprint density at radius 3 is 2.04 bits per heavy atom. The molecule has 0 aliphatic heterocycles. The molecule has 4 unspecified atom stereocenters. The average Bonchev–Trinajstić information content (AvgIpc) is 3.58. The van der Waals surface area contributed by atoms with E-state index in [4.69, 9.17) is 33.3 Å². The molecule has 0 spiro atoms. The van der Waals surface area contributed by atoms with E-state index in [1.807, 2.05) is 6.92 Å². The van der Waals surface area contributed by atoms with E-state index >= 15 is 0 Å². The number of nitrogens with zero attached hydrogens (tertiary/aromatic N) is 2. The number of rotatable bonds is 20. The number of nitrogens with one attached hydrogen (secondary N) is 1. The highest BCUT2D eigenvalue weighted by Crippen LogP contribution is 2.55. The average molecular weight is 813 g/mol. The Kier molecular flexibility index (Phi) is 16.6. The van der Waals surface area contributed by atoms with Crippen molar-refractivity contribution in [1.29, 1.82) is 0 Å². The van der Waals surface area contributed by atoms with Crippen molar-refractivity contribution in [3.8, 4) is 17.2 Å². The van der Waals surface area contributed by atoms with E-state index in [9.17, 15) is 14.4 Å². The number of thioether (sulfide) groups is 1. The molecule has 0 bridgehead atoms. The number of carbonyl (C=O) groups is 3. The van der Waals surface area contributed by atoms with E-state index in [0.29, 0.717) is 22.8 Å². The lowest BCUT2D eigenvalue weighted by molar-refractivity contribution is -0.121. The van der Waals surface area contributed by atoms with E-state index in [-0.39, 0.29) is 63.7 Å². The number of carbonyl (C=O) groups excluding carboxylic acids is 3. The molecule has 0 saturated carbocycles. The summed E-state index contributed by atoms with van der Waals surface area (Å²) in [5.74, 6) is 0.161. The van der Waals surface area contributed by atoms with Crippen LogP contribution in [0, 0.1) is 18.8 Å². The molecule has 1 amide bonds. The molecule has 2 rings (SSSR count). The number of ketones is 1. The topological polar surface area (TPSA) is 174 Å². The van der Waals surface area contributed by atoms with Gasteiger partial charge in [0.25, 0.3) is 0 Å². The first-order valence-corrected chi connectivity index (χ1v) is 23.6. The summed E-state index contributed by atoms with van der Waals surface area (Å²) in [5, 5.41) is 4.61. The van der Waals surface area contributed by atoms with Crippen LogP contribution in [-0.4, -0.2) is 72.6 Å². The molecule has 3 N–H and O–H groups in total. The molecule has 4 atom stereocenters. The summed E-state index contributed by atoms with van der Waals surface area (Å²) >= 11 is 5.75. The Hall–Kier alpha value is -3.00. The zero-order chi connectivity index (χ0) is 40.6. The van der Waals surface area contributed by atoms with Gasteiger partial charge in [-0.3, -0.25) is 4.79 Å². The Bertz CT molecular complexity index is 1620. The number of hydrogen-bond donors (Lipinski definition) is 3. The van der Waals surface area contributed by atoms with Crippen molar-refractivity contribution in [2.45, 2.75) is 109 Å². The summed E-state index contributed by atoms with van der Waals surface area (Å²) in [6.45, 7) is 28.3. The smallest absolute Gasteiger partial charge is 0.407 e. The van der Waals surface area contributed by atoms with Gasteiger partial charge in [0.05, 0.1) is 26.3 Å². The molecule has 0 aliphatic rings. The second kappa shape index (κ2) is 19.0. The molecule has 0 radical (unpaired) electrons. The van der Waals surface area contributed by atoms with Crippen LogP contribution in [0.25, 0.3) is 0 Å². The first-order chi connectivity index (χ1) is 24.6. The summed E-state index contributed by atoms with van der Waals surface area (Å²) in [4.78, 5) is 43.1. The monoisotopic (exact) mass is 812 g/mol. The van der Waals surface area contributed by atoms with Gasteiger partial charge in [-0.15, -0.1) is 11.8 Å². The van der Waals surface area contributed by atoms with Gasteiger partial charge in [-0.05, 0) is 47.7 Å². The Balaban J connectivity index is 3.01. The summed E-state index contributed by atoms with van der Waals surface area (Å²) < 4.78 is 35.8. The number of aromatic nitrogens is 2. The van der Waals surface area contributed by atoms with Gasteiger partial charge in [0.2, 0.25) is 24.0 Å². The van der Waals surface area contributed by atoms with Crippen LogP contribution in [0.5, 0.6) is 17.2 Å². The number of Topliss-reactive ketones (excluding diaryl/α,β-unsaturated/α-hetero) is 1. The van der Waals surface area contributed by atoms with Crippen molar-refractivity contribution in [3.63, 3.8) is 0 Å². The number of hydrogen-bond acceptors (Lipinski definition) is 14. The van der Waals surface area contributed by atoms with E-state index in [2.05, 4.69) is 103 Å². The standard InChI is InChI=1S/C36H60N4O9S2Si2/c1-16-18-46-33(43)38-19-23-39-31(47-40-23)29(50)30(41)36(37,51-17-2)25-24(32(42)45-13)22(7)26(44-12)28(49-53(15)35(10,11)21(5)6)27(25)48-52(14)34(8,9)20(3)4/h16,20-21,29,50,52-53H,1,17-19,37H2,2-15H3,(H,38,43). The van der Waals surface area contributed by atoms with Crippen LogP contribution in [0.1, 0.15) is 101 Å². The minimum atomic E-state index is -2.25. The molecule has 1 heterocycles. The SMILES string of the molecule is C=CCOC(=O)NCc1noc(C(S)C(=O)C(N)(SCC)c2c(O[SiH](C)C(C)(C)C(C)C)c(O[SiH](C)C(C)(C)C(C)C)c(OC)c(C)c2C(=O)OC)n1. The van der Waals surface area contributed by atoms with E-state index in [1.165, 1.54) is 20.3 Å². The Morgan fingerprint density at radius 2 is 1.57 bits per heavy atom. The van der Waals surface area contributed by atoms with Crippen LogP contribution in [0.4, 0.5) is 4.79 Å². The lowest BCUT2D eigenvalue weighted by Gasteiger charge is -2.40. The third-order valence-corrected chi connectivity index (χ3v) is 19.0. The van der Waals surface area contributed by atoms with Gasteiger partial charge < -0.3 is 38.6 Å². The molecule has 2 aromatic rings. The molecular weight excluding hydrogens is 753 g/mol. The van der Waals surface area contributed by atoms with Gasteiger partial charge in [0.1, 0.15) is 11.9 Å². The molecule has 1 aromatic heterocycles. The van der Waals surface area contributed by atoms with Crippen molar-refractivity contribution >= 4 is 60.3 Å². The summed E-state index contributed by atoms with van der Waals surface area (Å²) in [6.07, 6.45) is 0.722. The van der Waals surface area contributed by atoms with Crippen LogP contribution in [0.15, 0.2) is 17.2 Å². The normalized spacial score (nSPS) is 14.9. The first-order valence-electron chi connectivity index (χ1n) is 17.7. The molecule has 17 heteroatoms. The molecular formula is C36H60N4O9S2Si2. The minimum Gasteiger partial charge on any atom is -0.543 e. The number of methoxy groups -OCH3 is 2. The largest absolute Gasteiger partial charge is 0.543 e. The van der Waals surface area contributed by atoms with Gasteiger partial charge in [0, 0.05) is 11.1 Å². The molecule has 0 saturated heterocycles. The number of alkyl carbamates (subject to hydrolysis) is 1. The fraction of sp³-hybridized carbons (Fsp3) is 0.639. The number of amides is 1. The van der Waals surface area contributed by atoms with Crippen molar-refractivity contribution < 1.29 is 42.0 Å². The molecule has 1 aromatic carbocycles. The van der Waals surface area contributed by atoms with E-state index in [1.54, 1.807) is 6.92 Å². The van der Waals surface area contributed by atoms with Gasteiger partial charge in [-0.25, -0.2) is 9.59 Å². The second-order valence-electron chi connectivity index (χ2n) is 14.8. The zero-order valence-corrected chi connectivity index (χ0v) is 37.8. The van der Waals surface area contributed by atoms with Gasteiger partial charge >= 0.3 is 12.1 Å². The molecule has 298 valence electrons. The van der Waals surface area contributed by atoms with Crippen molar-refractivity contribution in [2.24, 2.45) is 17.6 Å². The maximum Gasteiger partial charge on any atom is 0.407 e.